The first-order valence-corrected chi connectivity index (χ1v) is 7.52. The molecule has 19 heavy (non-hydrogen) atoms. The van der Waals surface area contributed by atoms with Crippen molar-refractivity contribution in [1.82, 2.24) is 10.2 Å². The fourth-order valence-electron chi connectivity index (χ4n) is 3.18. The van der Waals surface area contributed by atoms with Crippen LogP contribution in [0.25, 0.3) is 0 Å². The van der Waals surface area contributed by atoms with E-state index in [9.17, 15) is 5.11 Å². The molecule has 2 unspecified atom stereocenters. The second-order valence-electron chi connectivity index (χ2n) is 5.37. The van der Waals surface area contributed by atoms with Crippen molar-refractivity contribution in [3.05, 3.63) is 29.8 Å². The third-order valence-electron chi connectivity index (χ3n) is 4.07. The van der Waals surface area contributed by atoms with Crippen LogP contribution in [-0.2, 0) is 0 Å². The van der Waals surface area contributed by atoms with Gasteiger partial charge in [-0.1, -0.05) is 32.0 Å². The summed E-state index contributed by atoms with van der Waals surface area (Å²) in [6.45, 7) is 7.72. The van der Waals surface area contributed by atoms with E-state index < -0.39 is 0 Å². The summed E-state index contributed by atoms with van der Waals surface area (Å²) in [4.78, 5) is 2.58. The van der Waals surface area contributed by atoms with Gasteiger partial charge < -0.3 is 10.4 Å². The van der Waals surface area contributed by atoms with E-state index in [0.29, 0.717) is 17.8 Å². The number of phenols is 1. The summed E-state index contributed by atoms with van der Waals surface area (Å²) in [5, 5.41) is 13.6. The van der Waals surface area contributed by atoms with Crippen LogP contribution in [0.1, 0.15) is 44.7 Å². The maximum absolute atomic E-state index is 10.1. The Balaban J connectivity index is 2.23. The quantitative estimate of drug-likeness (QED) is 0.827. The van der Waals surface area contributed by atoms with Gasteiger partial charge in [-0.25, -0.2) is 0 Å². The van der Waals surface area contributed by atoms with Gasteiger partial charge in [-0.05, 0) is 38.4 Å². The van der Waals surface area contributed by atoms with Crippen LogP contribution in [0.3, 0.4) is 0 Å². The second kappa shape index (κ2) is 6.92. The zero-order chi connectivity index (χ0) is 13.7. The molecule has 1 aliphatic heterocycles. The van der Waals surface area contributed by atoms with E-state index in [2.05, 4.69) is 30.1 Å². The molecule has 0 aromatic heterocycles. The van der Waals surface area contributed by atoms with Crippen molar-refractivity contribution in [1.29, 1.82) is 0 Å². The highest BCUT2D eigenvalue weighted by Gasteiger charge is 2.29. The number of nitrogens with zero attached hydrogens (tertiary/aromatic N) is 1. The molecule has 0 bridgehead atoms. The summed E-state index contributed by atoms with van der Waals surface area (Å²) in [5.41, 5.74) is 1.07. The van der Waals surface area contributed by atoms with Crippen LogP contribution < -0.4 is 5.32 Å². The predicted molar refractivity (Wildman–Crippen MR) is 79.4 cm³/mol. The fourth-order valence-corrected chi connectivity index (χ4v) is 3.18. The molecule has 1 saturated heterocycles. The minimum Gasteiger partial charge on any atom is -0.508 e. The van der Waals surface area contributed by atoms with E-state index in [1.807, 2.05) is 12.1 Å². The Morgan fingerprint density at radius 1 is 1.37 bits per heavy atom. The van der Waals surface area contributed by atoms with Crippen molar-refractivity contribution in [3.8, 4) is 5.75 Å². The normalized spacial score (nSPS) is 20.9. The number of aromatic hydroxyl groups is 1. The molecule has 1 aliphatic rings. The zero-order valence-corrected chi connectivity index (χ0v) is 12.1. The monoisotopic (exact) mass is 262 g/mol. The van der Waals surface area contributed by atoms with Gasteiger partial charge >= 0.3 is 0 Å². The van der Waals surface area contributed by atoms with Crippen molar-refractivity contribution < 1.29 is 5.11 Å². The number of phenolic OH excluding ortho intramolecular Hbond substituents is 1. The third-order valence-corrected chi connectivity index (χ3v) is 4.07. The van der Waals surface area contributed by atoms with Gasteiger partial charge in [0, 0.05) is 24.2 Å². The highest BCUT2D eigenvalue weighted by molar-refractivity contribution is 5.34. The van der Waals surface area contributed by atoms with E-state index >= 15 is 0 Å². The molecule has 106 valence electrons. The Morgan fingerprint density at radius 3 is 2.74 bits per heavy atom. The Hall–Kier alpha value is -1.06. The Morgan fingerprint density at radius 2 is 2.16 bits per heavy atom. The van der Waals surface area contributed by atoms with Gasteiger partial charge in [0.05, 0.1) is 0 Å². The van der Waals surface area contributed by atoms with Gasteiger partial charge in [-0.3, -0.25) is 4.90 Å². The lowest BCUT2D eigenvalue weighted by atomic mass is 9.99. The van der Waals surface area contributed by atoms with E-state index in [1.165, 1.54) is 6.42 Å². The lowest BCUT2D eigenvalue weighted by molar-refractivity contribution is 0.136. The summed E-state index contributed by atoms with van der Waals surface area (Å²) in [6, 6.07) is 8.71. The lowest BCUT2D eigenvalue weighted by Gasteiger charge is -2.36. The number of para-hydroxylation sites is 1. The molecule has 0 amide bonds. The van der Waals surface area contributed by atoms with E-state index in [-0.39, 0.29) is 0 Å². The SMILES string of the molecule is CCCN(C1CCNC1)C(CC)c1ccccc1O. The highest BCUT2D eigenvalue weighted by Crippen LogP contribution is 2.33. The molecule has 2 rings (SSSR count). The molecule has 1 fully saturated rings. The molecule has 2 atom stereocenters. The largest absolute Gasteiger partial charge is 0.508 e. The van der Waals surface area contributed by atoms with Gasteiger partial charge in [-0.2, -0.15) is 0 Å². The first kappa shape index (κ1) is 14.4. The average molecular weight is 262 g/mol. The molecular weight excluding hydrogens is 236 g/mol. The minimum absolute atomic E-state index is 0.325. The van der Waals surface area contributed by atoms with Crippen LogP contribution in [0.5, 0.6) is 5.75 Å². The summed E-state index contributed by atoms with van der Waals surface area (Å²) >= 11 is 0. The number of hydrogen-bond donors (Lipinski definition) is 2. The fraction of sp³-hybridized carbons (Fsp3) is 0.625. The first-order valence-electron chi connectivity index (χ1n) is 7.52. The Kier molecular flexibility index (Phi) is 5.23. The van der Waals surface area contributed by atoms with Gasteiger partial charge in [0.2, 0.25) is 0 Å². The highest BCUT2D eigenvalue weighted by atomic mass is 16.3. The standard InChI is InChI=1S/C16H26N2O/c1-3-11-18(13-9-10-17-12-13)15(4-2)14-7-5-6-8-16(14)19/h5-8,13,15,17,19H,3-4,9-12H2,1-2H3. The van der Waals surface area contributed by atoms with Crippen molar-refractivity contribution in [2.75, 3.05) is 19.6 Å². The van der Waals surface area contributed by atoms with Gasteiger partial charge in [-0.15, -0.1) is 0 Å². The molecular formula is C16H26N2O. The topological polar surface area (TPSA) is 35.5 Å². The second-order valence-corrected chi connectivity index (χ2v) is 5.37. The van der Waals surface area contributed by atoms with E-state index in [0.717, 1.165) is 38.0 Å². The van der Waals surface area contributed by atoms with Gasteiger partial charge in [0.25, 0.3) is 0 Å². The number of nitrogens with one attached hydrogen (secondary N) is 1. The molecule has 3 nitrogen and oxygen atoms in total. The van der Waals surface area contributed by atoms with Crippen LogP contribution in [0.4, 0.5) is 0 Å². The van der Waals surface area contributed by atoms with E-state index in [4.69, 9.17) is 0 Å². The number of hydrogen-bond acceptors (Lipinski definition) is 3. The summed E-state index contributed by atoms with van der Waals surface area (Å²) < 4.78 is 0. The lowest BCUT2D eigenvalue weighted by Crippen LogP contribution is -2.40. The summed E-state index contributed by atoms with van der Waals surface area (Å²) in [5.74, 6) is 0.432. The van der Waals surface area contributed by atoms with Crippen LogP contribution in [0.15, 0.2) is 24.3 Å². The minimum atomic E-state index is 0.325. The molecule has 1 aromatic carbocycles. The van der Waals surface area contributed by atoms with Crippen LogP contribution >= 0.6 is 0 Å². The smallest absolute Gasteiger partial charge is 0.120 e. The molecule has 0 spiro atoms. The van der Waals surface area contributed by atoms with E-state index in [1.54, 1.807) is 6.07 Å². The van der Waals surface area contributed by atoms with Crippen LogP contribution in [0, 0.1) is 0 Å². The Labute approximate surface area is 116 Å². The van der Waals surface area contributed by atoms with Crippen molar-refractivity contribution >= 4 is 0 Å². The van der Waals surface area contributed by atoms with Gasteiger partial charge in [0.15, 0.2) is 0 Å². The number of rotatable bonds is 6. The summed E-state index contributed by atoms with van der Waals surface area (Å²) in [6.07, 6.45) is 3.40. The average Bonchev–Trinajstić information content (AvgIpc) is 2.94. The van der Waals surface area contributed by atoms with Crippen LogP contribution in [-0.4, -0.2) is 35.7 Å². The Bertz CT molecular complexity index is 388. The van der Waals surface area contributed by atoms with Crippen molar-refractivity contribution in [3.63, 3.8) is 0 Å². The predicted octanol–water partition coefficient (Wildman–Crippen LogP) is 2.92. The molecule has 0 saturated carbocycles. The maximum atomic E-state index is 10.1. The molecule has 1 heterocycles. The molecule has 1 aromatic rings. The third kappa shape index (κ3) is 3.28. The van der Waals surface area contributed by atoms with Crippen LogP contribution in [0.2, 0.25) is 0 Å². The zero-order valence-electron chi connectivity index (χ0n) is 12.1. The van der Waals surface area contributed by atoms with Gasteiger partial charge in [0.1, 0.15) is 5.75 Å². The molecule has 0 aliphatic carbocycles. The maximum Gasteiger partial charge on any atom is 0.120 e. The van der Waals surface area contributed by atoms with Crippen molar-refractivity contribution in [2.45, 2.75) is 45.2 Å². The molecule has 0 radical (unpaired) electrons. The number of benzene rings is 1. The van der Waals surface area contributed by atoms with Crippen molar-refractivity contribution in [2.24, 2.45) is 0 Å². The molecule has 2 N–H and O–H groups in total. The summed E-state index contributed by atoms with van der Waals surface area (Å²) in [7, 11) is 0. The first-order chi connectivity index (χ1) is 9.27. The molecule has 3 heteroatoms.